The van der Waals surface area contributed by atoms with Gasteiger partial charge in [-0.15, -0.1) is 0 Å². The number of methoxy groups -OCH3 is 1. The molecule has 23 heavy (non-hydrogen) atoms. The van der Waals surface area contributed by atoms with Crippen molar-refractivity contribution in [3.8, 4) is 22.8 Å². The van der Waals surface area contributed by atoms with Crippen LogP contribution < -0.4 is 9.47 Å². The molecule has 0 fully saturated rings. The lowest BCUT2D eigenvalue weighted by Gasteiger charge is -2.26. The third-order valence-corrected chi connectivity index (χ3v) is 4.02. The van der Waals surface area contributed by atoms with Crippen LogP contribution in [0.4, 0.5) is 13.2 Å². The number of benzene rings is 1. The van der Waals surface area contributed by atoms with Crippen molar-refractivity contribution in [2.75, 3.05) is 13.7 Å². The summed E-state index contributed by atoms with van der Waals surface area (Å²) >= 11 is 6.03. The summed E-state index contributed by atoms with van der Waals surface area (Å²) in [6.45, 7) is -0.452. The van der Waals surface area contributed by atoms with Crippen molar-refractivity contribution in [1.82, 2.24) is 4.98 Å². The molecular formula is C16H13ClF3NO2. The first-order chi connectivity index (χ1) is 10.9. The van der Waals surface area contributed by atoms with Gasteiger partial charge in [0.2, 0.25) is 5.88 Å². The van der Waals surface area contributed by atoms with Crippen molar-refractivity contribution in [2.45, 2.75) is 12.6 Å². The van der Waals surface area contributed by atoms with E-state index in [0.717, 1.165) is 0 Å². The van der Waals surface area contributed by atoms with E-state index in [1.165, 1.54) is 13.3 Å². The lowest BCUT2D eigenvalue weighted by Crippen LogP contribution is -2.31. The Morgan fingerprint density at radius 3 is 2.74 bits per heavy atom. The molecule has 0 bridgehead atoms. The van der Waals surface area contributed by atoms with Gasteiger partial charge >= 0.3 is 6.18 Å². The molecule has 1 aromatic carbocycles. The van der Waals surface area contributed by atoms with Gasteiger partial charge in [0, 0.05) is 16.7 Å². The molecule has 2 aromatic rings. The molecule has 2 heterocycles. The van der Waals surface area contributed by atoms with Crippen LogP contribution in [0.2, 0.25) is 5.02 Å². The highest BCUT2D eigenvalue weighted by Crippen LogP contribution is 2.41. The zero-order chi connectivity index (χ0) is 16.6. The minimum absolute atomic E-state index is 0.167. The molecule has 3 rings (SSSR count). The highest BCUT2D eigenvalue weighted by atomic mass is 35.5. The predicted octanol–water partition coefficient (Wildman–Crippen LogP) is 4.52. The van der Waals surface area contributed by atoms with Gasteiger partial charge in [0.15, 0.2) is 0 Å². The van der Waals surface area contributed by atoms with E-state index in [4.69, 9.17) is 21.1 Å². The zero-order valence-electron chi connectivity index (χ0n) is 12.2. The summed E-state index contributed by atoms with van der Waals surface area (Å²) in [5.74, 6) is -0.952. The molecule has 0 amide bonds. The number of rotatable bonds is 1. The number of alkyl halides is 3. The van der Waals surface area contributed by atoms with Crippen molar-refractivity contribution in [2.24, 2.45) is 5.92 Å². The fraction of sp³-hybridized carbons (Fsp3) is 0.312. The number of ether oxygens (including phenoxy) is 2. The summed E-state index contributed by atoms with van der Waals surface area (Å²) in [7, 11) is 1.47. The van der Waals surface area contributed by atoms with Crippen LogP contribution in [0.15, 0.2) is 30.5 Å². The number of fused-ring (bicyclic) bond motifs is 3. The molecular weight excluding hydrogens is 331 g/mol. The first-order valence-electron chi connectivity index (χ1n) is 6.91. The standard InChI is InChI=1S/C16H13ClF3NO2/c1-22-15-6-13-12-5-11(17)3-2-9(12)4-10(16(18,19)20)8-23-14(13)7-21-15/h2-3,5-7,10H,4,8H2,1H3. The van der Waals surface area contributed by atoms with Gasteiger partial charge in [0.05, 0.1) is 19.2 Å². The van der Waals surface area contributed by atoms with Crippen LogP contribution in [0.5, 0.6) is 11.6 Å². The van der Waals surface area contributed by atoms with E-state index in [2.05, 4.69) is 4.98 Å². The summed E-state index contributed by atoms with van der Waals surface area (Å²) in [5, 5.41) is 0.439. The van der Waals surface area contributed by atoms with E-state index in [1.54, 1.807) is 24.3 Å². The predicted molar refractivity (Wildman–Crippen MR) is 80.0 cm³/mol. The maximum absolute atomic E-state index is 13.2. The van der Waals surface area contributed by atoms with Crippen molar-refractivity contribution < 1.29 is 22.6 Å². The van der Waals surface area contributed by atoms with Crippen LogP contribution in [-0.4, -0.2) is 24.9 Å². The molecule has 122 valence electrons. The first kappa shape index (κ1) is 15.9. The van der Waals surface area contributed by atoms with Gasteiger partial charge in [0.1, 0.15) is 12.4 Å². The molecule has 0 saturated heterocycles. The Bertz CT molecular complexity index is 734. The highest BCUT2D eigenvalue weighted by Gasteiger charge is 2.41. The van der Waals surface area contributed by atoms with Crippen molar-refractivity contribution in [3.63, 3.8) is 0 Å². The Kier molecular flexibility index (Phi) is 4.10. The molecule has 0 saturated carbocycles. The van der Waals surface area contributed by atoms with Crippen LogP contribution in [-0.2, 0) is 6.42 Å². The van der Waals surface area contributed by atoms with Crippen molar-refractivity contribution in [3.05, 3.63) is 41.0 Å². The molecule has 1 unspecified atom stereocenters. The Morgan fingerprint density at radius 2 is 2.04 bits per heavy atom. The number of hydrogen-bond donors (Lipinski definition) is 0. The van der Waals surface area contributed by atoms with Gasteiger partial charge in [-0.25, -0.2) is 4.98 Å². The van der Waals surface area contributed by atoms with Gasteiger partial charge in [-0.3, -0.25) is 0 Å². The SMILES string of the molecule is COc1cc2c(cn1)OCC(C(F)(F)F)Cc1ccc(Cl)cc1-2. The van der Waals surface area contributed by atoms with Gasteiger partial charge in [-0.05, 0) is 29.7 Å². The number of pyridine rings is 1. The Hall–Kier alpha value is -1.95. The van der Waals surface area contributed by atoms with Crippen LogP contribution in [0.1, 0.15) is 5.56 Å². The topological polar surface area (TPSA) is 31.4 Å². The van der Waals surface area contributed by atoms with E-state index < -0.39 is 18.7 Å². The second-order valence-corrected chi connectivity index (χ2v) is 5.71. The molecule has 1 aromatic heterocycles. The van der Waals surface area contributed by atoms with Crippen molar-refractivity contribution in [1.29, 1.82) is 0 Å². The molecule has 0 radical (unpaired) electrons. The molecule has 0 N–H and O–H groups in total. The number of aromatic nitrogens is 1. The summed E-state index contributed by atoms with van der Waals surface area (Å²) in [6, 6.07) is 6.49. The van der Waals surface area contributed by atoms with Crippen LogP contribution in [0.3, 0.4) is 0 Å². The van der Waals surface area contributed by atoms with Crippen LogP contribution >= 0.6 is 11.6 Å². The van der Waals surface area contributed by atoms with E-state index in [9.17, 15) is 13.2 Å². The van der Waals surface area contributed by atoms with Crippen LogP contribution in [0.25, 0.3) is 11.1 Å². The third-order valence-electron chi connectivity index (χ3n) is 3.78. The highest BCUT2D eigenvalue weighted by molar-refractivity contribution is 6.30. The minimum Gasteiger partial charge on any atom is -0.491 e. The third kappa shape index (κ3) is 3.22. The van der Waals surface area contributed by atoms with Gasteiger partial charge in [-0.2, -0.15) is 13.2 Å². The van der Waals surface area contributed by atoms with Crippen LogP contribution in [0, 0.1) is 5.92 Å². The Morgan fingerprint density at radius 1 is 1.26 bits per heavy atom. The minimum atomic E-state index is -4.34. The average molecular weight is 344 g/mol. The molecule has 0 aliphatic carbocycles. The zero-order valence-corrected chi connectivity index (χ0v) is 12.9. The summed E-state index contributed by atoms with van der Waals surface area (Å²) in [4.78, 5) is 4.00. The van der Waals surface area contributed by atoms with Gasteiger partial charge < -0.3 is 9.47 Å². The number of halogens is 4. The smallest absolute Gasteiger partial charge is 0.395 e. The monoisotopic (exact) mass is 343 g/mol. The summed E-state index contributed by atoms with van der Waals surface area (Å²) < 4.78 is 50.0. The van der Waals surface area contributed by atoms with E-state index in [1.807, 2.05) is 0 Å². The quantitative estimate of drug-likeness (QED) is 0.762. The fourth-order valence-electron chi connectivity index (χ4n) is 2.56. The molecule has 1 atom stereocenters. The number of nitrogens with zero attached hydrogens (tertiary/aromatic N) is 1. The maximum Gasteiger partial charge on any atom is 0.395 e. The molecule has 1 aliphatic rings. The second kappa shape index (κ2) is 5.92. The van der Waals surface area contributed by atoms with E-state index in [0.29, 0.717) is 27.6 Å². The number of hydrogen-bond acceptors (Lipinski definition) is 3. The lowest BCUT2D eigenvalue weighted by atomic mass is 9.91. The van der Waals surface area contributed by atoms with Gasteiger partial charge in [-0.1, -0.05) is 17.7 Å². The normalized spacial score (nSPS) is 17.3. The fourth-order valence-corrected chi connectivity index (χ4v) is 2.74. The van der Waals surface area contributed by atoms with E-state index in [-0.39, 0.29) is 12.2 Å². The Balaban J connectivity index is 2.16. The first-order valence-corrected chi connectivity index (χ1v) is 7.28. The molecule has 3 nitrogen and oxygen atoms in total. The van der Waals surface area contributed by atoms with Crippen molar-refractivity contribution >= 4 is 11.6 Å². The molecule has 1 aliphatic heterocycles. The summed E-state index contributed by atoms with van der Waals surface area (Å²) in [6.07, 6.45) is -3.13. The molecule has 0 spiro atoms. The second-order valence-electron chi connectivity index (χ2n) is 5.28. The largest absolute Gasteiger partial charge is 0.491 e. The maximum atomic E-state index is 13.2. The summed E-state index contributed by atoms with van der Waals surface area (Å²) in [5.41, 5.74) is 1.78. The van der Waals surface area contributed by atoms with E-state index >= 15 is 0 Å². The van der Waals surface area contributed by atoms with Gasteiger partial charge in [0.25, 0.3) is 0 Å². The Labute approximate surface area is 136 Å². The average Bonchev–Trinajstić information content (AvgIpc) is 2.49. The lowest BCUT2D eigenvalue weighted by molar-refractivity contribution is -0.181. The molecule has 7 heteroatoms.